The van der Waals surface area contributed by atoms with E-state index in [1.54, 1.807) is 25.1 Å². The molecule has 20 heavy (non-hydrogen) atoms. The smallest absolute Gasteiger partial charge is 0.217 e. The van der Waals surface area contributed by atoms with Gasteiger partial charge in [0, 0.05) is 12.5 Å². The minimum absolute atomic E-state index is 0.103. The van der Waals surface area contributed by atoms with Crippen LogP contribution in [0.25, 0.3) is 0 Å². The van der Waals surface area contributed by atoms with E-state index in [0.29, 0.717) is 23.6 Å². The van der Waals surface area contributed by atoms with E-state index in [9.17, 15) is 4.39 Å². The number of halogens is 2. The number of benzene rings is 1. The summed E-state index contributed by atoms with van der Waals surface area (Å²) in [6.45, 7) is 2.00. The molecule has 0 saturated heterocycles. The molecule has 0 fully saturated rings. The van der Waals surface area contributed by atoms with E-state index in [-0.39, 0.29) is 11.6 Å². The fourth-order valence-electron chi connectivity index (χ4n) is 1.61. The predicted octanol–water partition coefficient (Wildman–Crippen LogP) is 3.26. The molecule has 2 aromatic rings. The number of ether oxygens (including phenoxy) is 1. The maximum atomic E-state index is 13.8. The first-order chi connectivity index (χ1) is 9.70. The maximum Gasteiger partial charge on any atom is 0.217 e. The van der Waals surface area contributed by atoms with Crippen molar-refractivity contribution in [2.24, 2.45) is 0 Å². The molecule has 0 spiro atoms. The number of aromatic nitrogens is 2. The van der Waals surface area contributed by atoms with Crippen molar-refractivity contribution in [3.05, 3.63) is 52.7 Å². The molecule has 0 aliphatic heterocycles. The van der Waals surface area contributed by atoms with Gasteiger partial charge in [-0.1, -0.05) is 29.7 Å². The van der Waals surface area contributed by atoms with Gasteiger partial charge >= 0.3 is 0 Å². The van der Waals surface area contributed by atoms with Crippen molar-refractivity contribution in [1.82, 2.24) is 9.97 Å². The van der Waals surface area contributed by atoms with Gasteiger partial charge in [0.1, 0.15) is 12.1 Å². The van der Waals surface area contributed by atoms with Gasteiger partial charge < -0.3 is 4.74 Å². The second kappa shape index (κ2) is 6.88. The standard InChI is InChI=1S/C15H12ClFN2O/c1-2-3-7-20-14-9-12(18-10-19-14)8-11-5-4-6-13(16)15(11)17/h4-6,9-10H,7-8H2,1H3. The Balaban J connectivity index is 2.14. The van der Waals surface area contributed by atoms with Crippen LogP contribution in [-0.4, -0.2) is 16.6 Å². The molecule has 0 saturated carbocycles. The summed E-state index contributed by atoms with van der Waals surface area (Å²) in [6.07, 6.45) is 1.71. The molecular weight excluding hydrogens is 279 g/mol. The summed E-state index contributed by atoms with van der Waals surface area (Å²) in [6, 6.07) is 6.55. The van der Waals surface area contributed by atoms with Gasteiger partial charge in [-0.3, -0.25) is 0 Å². The highest BCUT2D eigenvalue weighted by Crippen LogP contribution is 2.20. The Labute approximate surface area is 121 Å². The van der Waals surface area contributed by atoms with Crippen LogP contribution in [0.1, 0.15) is 18.2 Å². The molecule has 0 unspecified atom stereocenters. The topological polar surface area (TPSA) is 35.0 Å². The third-order valence-corrected chi connectivity index (χ3v) is 2.86. The van der Waals surface area contributed by atoms with E-state index in [1.165, 1.54) is 12.4 Å². The van der Waals surface area contributed by atoms with Gasteiger partial charge in [-0.2, -0.15) is 0 Å². The van der Waals surface area contributed by atoms with Crippen molar-refractivity contribution in [1.29, 1.82) is 0 Å². The van der Waals surface area contributed by atoms with Crippen molar-refractivity contribution in [2.75, 3.05) is 6.61 Å². The quantitative estimate of drug-likeness (QED) is 0.811. The number of rotatable bonds is 4. The third kappa shape index (κ3) is 3.69. The lowest BCUT2D eigenvalue weighted by molar-refractivity contribution is 0.354. The largest absolute Gasteiger partial charge is 0.464 e. The molecule has 0 N–H and O–H groups in total. The number of hydrogen-bond donors (Lipinski definition) is 0. The molecule has 0 atom stereocenters. The van der Waals surface area contributed by atoms with Gasteiger partial charge in [-0.05, 0) is 18.6 Å². The second-order valence-electron chi connectivity index (χ2n) is 3.95. The van der Waals surface area contributed by atoms with Crippen molar-refractivity contribution >= 4 is 11.6 Å². The van der Waals surface area contributed by atoms with Crippen LogP contribution in [0.5, 0.6) is 5.88 Å². The van der Waals surface area contributed by atoms with Gasteiger partial charge in [0.15, 0.2) is 6.61 Å². The number of hydrogen-bond acceptors (Lipinski definition) is 3. The summed E-state index contributed by atoms with van der Waals surface area (Å²) < 4.78 is 19.1. The Morgan fingerprint density at radius 1 is 1.35 bits per heavy atom. The minimum atomic E-state index is -0.424. The second-order valence-corrected chi connectivity index (χ2v) is 4.36. The van der Waals surface area contributed by atoms with Crippen LogP contribution >= 0.6 is 11.6 Å². The average molecular weight is 291 g/mol. The fourth-order valence-corrected chi connectivity index (χ4v) is 1.81. The Kier molecular flexibility index (Phi) is 4.91. The van der Waals surface area contributed by atoms with E-state index < -0.39 is 5.82 Å². The van der Waals surface area contributed by atoms with Gasteiger partial charge in [-0.15, -0.1) is 5.92 Å². The molecule has 0 aliphatic rings. The highest BCUT2D eigenvalue weighted by Gasteiger charge is 2.08. The zero-order chi connectivity index (χ0) is 14.4. The van der Waals surface area contributed by atoms with Gasteiger partial charge in [0.2, 0.25) is 5.88 Å². The highest BCUT2D eigenvalue weighted by molar-refractivity contribution is 6.30. The maximum absolute atomic E-state index is 13.8. The zero-order valence-corrected chi connectivity index (χ0v) is 11.6. The van der Waals surface area contributed by atoms with Crippen LogP contribution < -0.4 is 4.74 Å². The van der Waals surface area contributed by atoms with E-state index in [2.05, 4.69) is 21.8 Å². The normalized spacial score (nSPS) is 9.75. The molecule has 5 heteroatoms. The average Bonchev–Trinajstić information content (AvgIpc) is 2.45. The van der Waals surface area contributed by atoms with E-state index in [0.717, 1.165) is 0 Å². The van der Waals surface area contributed by atoms with Gasteiger partial charge in [0.05, 0.1) is 10.7 Å². The third-order valence-electron chi connectivity index (χ3n) is 2.57. The van der Waals surface area contributed by atoms with Crippen LogP contribution in [-0.2, 0) is 6.42 Å². The summed E-state index contributed by atoms with van der Waals surface area (Å²) in [5.41, 5.74) is 1.14. The first-order valence-corrected chi connectivity index (χ1v) is 6.34. The fraction of sp³-hybridized carbons (Fsp3) is 0.200. The zero-order valence-electron chi connectivity index (χ0n) is 10.9. The van der Waals surface area contributed by atoms with E-state index >= 15 is 0 Å². The van der Waals surface area contributed by atoms with Crippen LogP contribution in [0.15, 0.2) is 30.6 Å². The Bertz CT molecular complexity index is 664. The molecule has 1 aromatic carbocycles. The molecule has 3 nitrogen and oxygen atoms in total. The van der Waals surface area contributed by atoms with Crippen LogP contribution in [0.4, 0.5) is 4.39 Å². The summed E-state index contributed by atoms with van der Waals surface area (Å²) >= 11 is 5.75. The summed E-state index contributed by atoms with van der Waals surface area (Å²) in [5, 5.41) is 0.103. The summed E-state index contributed by atoms with van der Waals surface area (Å²) in [4.78, 5) is 8.07. The van der Waals surface area contributed by atoms with Crippen molar-refractivity contribution in [3.8, 4) is 17.7 Å². The lowest BCUT2D eigenvalue weighted by Crippen LogP contribution is -2.00. The first kappa shape index (κ1) is 14.3. The lowest BCUT2D eigenvalue weighted by atomic mass is 10.1. The molecule has 0 aliphatic carbocycles. The number of nitrogens with zero attached hydrogens (tertiary/aromatic N) is 2. The molecule has 1 heterocycles. The van der Waals surface area contributed by atoms with Crippen LogP contribution in [0, 0.1) is 17.7 Å². The van der Waals surface area contributed by atoms with Crippen molar-refractivity contribution in [3.63, 3.8) is 0 Å². The Morgan fingerprint density at radius 2 is 2.20 bits per heavy atom. The SMILES string of the molecule is CC#CCOc1cc(Cc2cccc(Cl)c2F)ncn1. The van der Waals surface area contributed by atoms with Crippen LogP contribution in [0.3, 0.4) is 0 Å². The summed E-state index contributed by atoms with van der Waals surface area (Å²) in [5.74, 6) is 5.49. The molecule has 2 rings (SSSR count). The van der Waals surface area contributed by atoms with Gasteiger partial charge in [-0.25, -0.2) is 14.4 Å². The first-order valence-electron chi connectivity index (χ1n) is 5.97. The van der Waals surface area contributed by atoms with Crippen molar-refractivity contribution in [2.45, 2.75) is 13.3 Å². The molecule has 0 amide bonds. The molecular formula is C15H12ClFN2O. The molecule has 102 valence electrons. The molecule has 0 radical (unpaired) electrons. The Morgan fingerprint density at radius 3 is 3.00 bits per heavy atom. The lowest BCUT2D eigenvalue weighted by Gasteiger charge is -2.06. The molecule has 0 bridgehead atoms. The highest BCUT2D eigenvalue weighted by atomic mass is 35.5. The minimum Gasteiger partial charge on any atom is -0.464 e. The Hall–Kier alpha value is -2.12. The predicted molar refractivity (Wildman–Crippen MR) is 75.2 cm³/mol. The molecule has 1 aromatic heterocycles. The van der Waals surface area contributed by atoms with Crippen molar-refractivity contribution < 1.29 is 9.13 Å². The van der Waals surface area contributed by atoms with Crippen LogP contribution in [0.2, 0.25) is 5.02 Å². The summed E-state index contributed by atoms with van der Waals surface area (Å²) in [7, 11) is 0. The van der Waals surface area contributed by atoms with E-state index in [4.69, 9.17) is 16.3 Å². The van der Waals surface area contributed by atoms with Gasteiger partial charge in [0.25, 0.3) is 0 Å². The monoisotopic (exact) mass is 290 g/mol. The van der Waals surface area contributed by atoms with E-state index in [1.807, 2.05) is 0 Å².